The Kier molecular flexibility index (Phi) is 5.07. The first kappa shape index (κ1) is 19.1. The lowest BCUT2D eigenvalue weighted by atomic mass is 10.1. The van der Waals surface area contributed by atoms with Crippen molar-refractivity contribution in [1.82, 2.24) is 0 Å². The number of benzene rings is 2. The first-order valence-electron chi connectivity index (χ1n) is 7.78. The van der Waals surface area contributed by atoms with Gasteiger partial charge in [-0.15, -0.1) is 0 Å². The molecule has 1 heterocycles. The molecule has 1 aliphatic heterocycles. The van der Waals surface area contributed by atoms with E-state index in [1.54, 1.807) is 0 Å². The zero-order chi connectivity index (χ0) is 19.8. The highest BCUT2D eigenvalue weighted by Gasteiger charge is 2.35. The molecule has 2 N–H and O–H groups in total. The van der Waals surface area contributed by atoms with E-state index in [1.807, 2.05) is 0 Å². The van der Waals surface area contributed by atoms with Gasteiger partial charge in [0, 0.05) is 18.7 Å². The minimum absolute atomic E-state index is 0.0289. The normalized spacial score (nSPS) is 17.2. The number of carbonyl (C=O) groups excluding carboxylic acids is 1. The lowest BCUT2D eigenvalue weighted by molar-refractivity contribution is -0.141. The Hall–Kier alpha value is -2.65. The van der Waals surface area contributed by atoms with Gasteiger partial charge in [-0.05, 0) is 42.5 Å². The van der Waals surface area contributed by atoms with E-state index in [4.69, 9.17) is 16.7 Å². The minimum atomic E-state index is -3.98. The van der Waals surface area contributed by atoms with Gasteiger partial charge in [-0.3, -0.25) is 14.3 Å². The topological polar surface area (TPSA) is 104 Å². The molecule has 0 saturated carbocycles. The molecular formula is C17H14ClFN2O5S. The van der Waals surface area contributed by atoms with E-state index in [2.05, 4.69) is 4.72 Å². The number of hydrogen-bond donors (Lipinski definition) is 2. The van der Waals surface area contributed by atoms with Gasteiger partial charge in [-0.1, -0.05) is 11.6 Å². The molecule has 1 aliphatic rings. The highest BCUT2D eigenvalue weighted by atomic mass is 35.5. The number of hydrogen-bond acceptors (Lipinski definition) is 4. The van der Waals surface area contributed by atoms with E-state index in [1.165, 1.54) is 35.2 Å². The number of halogens is 2. The standard InChI is InChI=1S/C17H14ClFN2O5S/c18-14-8-11(19)1-6-15(14)20-27(25,26)13-4-2-12(3-5-13)21-9-10(17(23)24)7-16(21)22/h1-6,8,10,20H,7,9H2,(H,23,24)/t10-/m1/s1. The molecule has 142 valence electrons. The number of carboxylic acid groups (broad SMARTS) is 1. The Bertz CT molecular complexity index is 1010. The molecule has 0 radical (unpaired) electrons. The number of nitrogens with one attached hydrogen (secondary N) is 1. The molecule has 3 rings (SSSR count). The SMILES string of the molecule is O=C(O)[C@@H]1CC(=O)N(c2ccc(S(=O)(=O)Nc3ccc(F)cc3Cl)cc2)C1. The molecule has 0 bridgehead atoms. The van der Waals surface area contributed by atoms with E-state index < -0.39 is 27.7 Å². The van der Waals surface area contributed by atoms with Gasteiger partial charge in [0.15, 0.2) is 0 Å². The summed E-state index contributed by atoms with van der Waals surface area (Å²) in [7, 11) is -3.98. The van der Waals surface area contributed by atoms with Crippen LogP contribution in [-0.2, 0) is 19.6 Å². The van der Waals surface area contributed by atoms with E-state index >= 15 is 0 Å². The number of anilines is 2. The van der Waals surface area contributed by atoms with Crippen LogP contribution in [0.3, 0.4) is 0 Å². The maximum atomic E-state index is 13.1. The van der Waals surface area contributed by atoms with Crippen LogP contribution in [0.4, 0.5) is 15.8 Å². The minimum Gasteiger partial charge on any atom is -0.481 e. The summed E-state index contributed by atoms with van der Waals surface area (Å²) in [5.74, 6) is -2.77. The lowest BCUT2D eigenvalue weighted by Crippen LogP contribution is -2.25. The van der Waals surface area contributed by atoms with E-state index in [-0.39, 0.29) is 34.5 Å². The monoisotopic (exact) mass is 412 g/mol. The Labute approximate surface area is 159 Å². The average Bonchev–Trinajstić information content (AvgIpc) is 3.00. The maximum absolute atomic E-state index is 13.1. The summed E-state index contributed by atoms with van der Waals surface area (Å²) in [4.78, 5) is 24.2. The molecule has 27 heavy (non-hydrogen) atoms. The van der Waals surface area contributed by atoms with E-state index in [9.17, 15) is 22.4 Å². The fourth-order valence-corrected chi connectivity index (χ4v) is 4.05. The quantitative estimate of drug-likeness (QED) is 0.785. The summed E-state index contributed by atoms with van der Waals surface area (Å²) in [6, 6.07) is 8.68. The highest BCUT2D eigenvalue weighted by Crippen LogP contribution is 2.28. The summed E-state index contributed by atoms with van der Waals surface area (Å²) in [5.41, 5.74) is 0.434. The van der Waals surface area contributed by atoms with Gasteiger partial charge in [-0.2, -0.15) is 0 Å². The van der Waals surface area contributed by atoms with Crippen LogP contribution in [0.25, 0.3) is 0 Å². The molecule has 1 atom stereocenters. The molecule has 1 saturated heterocycles. The Morgan fingerprint density at radius 1 is 1.22 bits per heavy atom. The predicted molar refractivity (Wildman–Crippen MR) is 96.8 cm³/mol. The van der Waals surface area contributed by atoms with Crippen LogP contribution in [-0.4, -0.2) is 31.9 Å². The van der Waals surface area contributed by atoms with Crippen LogP contribution in [0.2, 0.25) is 5.02 Å². The van der Waals surface area contributed by atoms with Gasteiger partial charge in [0.1, 0.15) is 5.82 Å². The van der Waals surface area contributed by atoms with E-state index in [0.717, 1.165) is 12.1 Å². The van der Waals surface area contributed by atoms with Crippen molar-refractivity contribution in [2.24, 2.45) is 5.92 Å². The number of aliphatic carboxylic acids is 1. The first-order valence-corrected chi connectivity index (χ1v) is 9.64. The molecule has 1 fully saturated rings. The molecule has 7 nitrogen and oxygen atoms in total. The molecule has 0 spiro atoms. The predicted octanol–water partition coefficient (Wildman–Crippen LogP) is 2.72. The van der Waals surface area contributed by atoms with E-state index in [0.29, 0.717) is 5.69 Å². The summed E-state index contributed by atoms with van der Waals surface area (Å²) in [6.45, 7) is 0.0314. The largest absolute Gasteiger partial charge is 0.481 e. The third kappa shape index (κ3) is 4.04. The Morgan fingerprint density at radius 3 is 2.44 bits per heavy atom. The second kappa shape index (κ2) is 7.16. The number of nitrogens with zero attached hydrogens (tertiary/aromatic N) is 1. The number of amides is 1. The number of carboxylic acids is 1. The molecule has 0 aliphatic carbocycles. The Balaban J connectivity index is 1.80. The summed E-state index contributed by atoms with van der Waals surface area (Å²) in [5, 5.41) is 8.94. The smallest absolute Gasteiger partial charge is 0.308 e. The molecule has 0 unspecified atom stereocenters. The number of carbonyl (C=O) groups is 2. The van der Waals surface area contributed by atoms with Gasteiger partial charge < -0.3 is 10.0 Å². The fourth-order valence-electron chi connectivity index (χ4n) is 2.70. The molecule has 2 aromatic carbocycles. The summed E-state index contributed by atoms with van der Waals surface area (Å²) < 4.78 is 40.2. The first-order chi connectivity index (χ1) is 12.7. The highest BCUT2D eigenvalue weighted by molar-refractivity contribution is 7.92. The van der Waals surface area contributed by atoms with Gasteiger partial charge in [0.25, 0.3) is 10.0 Å². The summed E-state index contributed by atoms with van der Waals surface area (Å²) >= 11 is 5.83. The molecule has 0 aromatic heterocycles. The van der Waals surface area contributed by atoms with Crippen LogP contribution in [0, 0.1) is 11.7 Å². The van der Waals surface area contributed by atoms with Crippen molar-refractivity contribution in [1.29, 1.82) is 0 Å². The molecule has 1 amide bonds. The maximum Gasteiger partial charge on any atom is 0.308 e. The van der Waals surface area contributed by atoms with Crippen molar-refractivity contribution in [2.45, 2.75) is 11.3 Å². The zero-order valence-corrected chi connectivity index (χ0v) is 15.3. The second-order valence-corrected chi connectivity index (χ2v) is 8.06. The van der Waals surface area contributed by atoms with Crippen molar-refractivity contribution in [3.05, 3.63) is 53.3 Å². The number of sulfonamides is 1. The van der Waals surface area contributed by atoms with Gasteiger partial charge in [0.05, 0.1) is 21.5 Å². The molecule has 2 aromatic rings. The summed E-state index contributed by atoms with van der Waals surface area (Å²) in [6.07, 6.45) is -0.0972. The third-order valence-corrected chi connectivity index (χ3v) is 5.80. The third-order valence-electron chi connectivity index (χ3n) is 4.11. The van der Waals surface area contributed by atoms with Crippen LogP contribution in [0.1, 0.15) is 6.42 Å². The van der Waals surface area contributed by atoms with Crippen LogP contribution in [0.15, 0.2) is 47.4 Å². The van der Waals surface area contributed by atoms with Crippen molar-refractivity contribution in [2.75, 3.05) is 16.2 Å². The fraction of sp³-hybridized carbons (Fsp3) is 0.176. The van der Waals surface area contributed by atoms with Crippen molar-refractivity contribution < 1.29 is 27.5 Å². The van der Waals surface area contributed by atoms with Gasteiger partial charge in [-0.25, -0.2) is 12.8 Å². The number of rotatable bonds is 5. The average molecular weight is 413 g/mol. The zero-order valence-electron chi connectivity index (χ0n) is 13.7. The van der Waals surface area contributed by atoms with Crippen molar-refractivity contribution in [3.8, 4) is 0 Å². The van der Waals surface area contributed by atoms with Crippen LogP contribution >= 0.6 is 11.6 Å². The van der Waals surface area contributed by atoms with Crippen molar-refractivity contribution in [3.63, 3.8) is 0 Å². The van der Waals surface area contributed by atoms with Gasteiger partial charge >= 0.3 is 5.97 Å². The van der Waals surface area contributed by atoms with Crippen LogP contribution < -0.4 is 9.62 Å². The Morgan fingerprint density at radius 2 is 1.89 bits per heavy atom. The second-order valence-electron chi connectivity index (χ2n) is 5.97. The molecular weight excluding hydrogens is 399 g/mol. The van der Waals surface area contributed by atoms with Gasteiger partial charge in [0.2, 0.25) is 5.91 Å². The lowest BCUT2D eigenvalue weighted by Gasteiger charge is -2.17. The van der Waals surface area contributed by atoms with Crippen LogP contribution in [0.5, 0.6) is 0 Å². The van der Waals surface area contributed by atoms with Crippen molar-refractivity contribution >= 4 is 44.9 Å². The molecule has 10 heteroatoms.